The Hall–Kier alpha value is -1.61. The average molecular weight is 299 g/mol. The van der Waals surface area contributed by atoms with Crippen LogP contribution >= 0.6 is 0 Å². The number of quaternary nitrogens is 1. The topological polar surface area (TPSA) is 36.9 Å². The van der Waals surface area contributed by atoms with Crippen LogP contribution in [0.4, 0.5) is 0 Å². The zero-order valence-electron chi connectivity index (χ0n) is 13.8. The highest BCUT2D eigenvalue weighted by molar-refractivity contribution is 5.94. The van der Waals surface area contributed by atoms with Crippen molar-refractivity contribution in [3.63, 3.8) is 0 Å². The second kappa shape index (κ2) is 6.25. The van der Waals surface area contributed by atoms with Crippen molar-refractivity contribution in [3.05, 3.63) is 41.5 Å². The van der Waals surface area contributed by atoms with Gasteiger partial charge in [0.1, 0.15) is 5.70 Å². The lowest BCUT2D eigenvalue weighted by Gasteiger charge is -2.31. The predicted molar refractivity (Wildman–Crippen MR) is 89.2 cm³/mol. The fourth-order valence-corrected chi connectivity index (χ4v) is 3.63. The summed E-state index contributed by atoms with van der Waals surface area (Å²) in [5.41, 5.74) is 3.79. The van der Waals surface area contributed by atoms with Crippen molar-refractivity contribution in [2.45, 2.75) is 51.5 Å². The highest BCUT2D eigenvalue weighted by Gasteiger charge is 2.32. The molecule has 3 heteroatoms. The fraction of sp³-hybridized carbons (Fsp3) is 0.526. The second-order valence-corrected chi connectivity index (χ2v) is 7.31. The number of amides is 1. The molecule has 22 heavy (non-hydrogen) atoms. The Morgan fingerprint density at radius 2 is 1.82 bits per heavy atom. The van der Waals surface area contributed by atoms with Crippen LogP contribution in [0.15, 0.2) is 30.3 Å². The molecule has 2 aliphatic rings. The van der Waals surface area contributed by atoms with E-state index >= 15 is 0 Å². The van der Waals surface area contributed by atoms with Crippen molar-refractivity contribution >= 4 is 11.6 Å². The number of likely N-dealkylation sites (tertiary alicyclic amines) is 1. The summed E-state index contributed by atoms with van der Waals surface area (Å²) in [6.07, 6.45) is 7.69. The largest absolute Gasteiger partial charge is 0.339 e. The Kier molecular flexibility index (Phi) is 4.34. The molecule has 2 N–H and O–H groups in total. The van der Waals surface area contributed by atoms with E-state index < -0.39 is 0 Å². The molecule has 0 unspecified atom stereocenters. The van der Waals surface area contributed by atoms with Crippen molar-refractivity contribution in [1.29, 1.82) is 0 Å². The van der Waals surface area contributed by atoms with Crippen molar-refractivity contribution in [2.75, 3.05) is 13.1 Å². The molecule has 0 aliphatic carbocycles. The minimum Gasteiger partial charge on any atom is -0.339 e. The minimum atomic E-state index is 0.110. The lowest BCUT2D eigenvalue weighted by atomic mass is 9.86. The Morgan fingerprint density at radius 1 is 1.14 bits per heavy atom. The Balaban J connectivity index is 1.87. The van der Waals surface area contributed by atoms with E-state index in [1.54, 1.807) is 0 Å². The third-order valence-corrected chi connectivity index (χ3v) is 4.72. The average Bonchev–Trinajstić information content (AvgIpc) is 2.75. The van der Waals surface area contributed by atoms with E-state index in [1.807, 2.05) is 11.0 Å². The Morgan fingerprint density at radius 3 is 2.55 bits per heavy atom. The molecule has 0 spiro atoms. The normalized spacial score (nSPS) is 23.0. The van der Waals surface area contributed by atoms with Crippen LogP contribution in [-0.2, 0) is 11.2 Å². The molecule has 1 amide bonds. The van der Waals surface area contributed by atoms with Crippen LogP contribution in [0.25, 0.3) is 5.70 Å². The van der Waals surface area contributed by atoms with Crippen LogP contribution in [0.2, 0.25) is 0 Å². The predicted octanol–water partition coefficient (Wildman–Crippen LogP) is 2.33. The van der Waals surface area contributed by atoms with Gasteiger partial charge in [-0.3, -0.25) is 4.79 Å². The smallest absolute Gasteiger partial charge is 0.252 e. The highest BCUT2D eigenvalue weighted by atomic mass is 16.2. The number of nitrogens with zero attached hydrogens (tertiary/aromatic N) is 1. The van der Waals surface area contributed by atoms with Crippen LogP contribution < -0.4 is 5.32 Å². The third-order valence-electron chi connectivity index (χ3n) is 4.72. The van der Waals surface area contributed by atoms with Crippen LogP contribution in [0.1, 0.15) is 50.7 Å². The van der Waals surface area contributed by atoms with Gasteiger partial charge >= 0.3 is 0 Å². The van der Waals surface area contributed by atoms with Gasteiger partial charge in [0.15, 0.2) is 0 Å². The molecule has 0 bridgehead atoms. The number of nitrogens with two attached hydrogens (primary N) is 1. The third kappa shape index (κ3) is 3.41. The van der Waals surface area contributed by atoms with Crippen molar-refractivity contribution in [3.8, 4) is 0 Å². The molecule has 0 radical (unpaired) electrons. The van der Waals surface area contributed by atoms with Gasteiger partial charge in [-0.25, -0.2) is 0 Å². The van der Waals surface area contributed by atoms with Gasteiger partial charge in [0.2, 0.25) is 0 Å². The van der Waals surface area contributed by atoms with Crippen molar-refractivity contribution < 1.29 is 10.1 Å². The molecule has 2 aliphatic heterocycles. The molecule has 1 aromatic carbocycles. The molecule has 0 aromatic heterocycles. The summed E-state index contributed by atoms with van der Waals surface area (Å²) in [4.78, 5) is 14.7. The summed E-state index contributed by atoms with van der Waals surface area (Å²) < 4.78 is 0. The maximum atomic E-state index is 12.7. The molecular formula is C19H27N2O+. The lowest BCUT2D eigenvalue weighted by molar-refractivity contribution is -0.641. The quantitative estimate of drug-likeness (QED) is 0.794. The molecule has 0 saturated carbocycles. The maximum absolute atomic E-state index is 12.7. The van der Waals surface area contributed by atoms with E-state index in [9.17, 15) is 4.79 Å². The molecule has 118 valence electrons. The molecule has 1 saturated heterocycles. The van der Waals surface area contributed by atoms with Gasteiger partial charge in [0, 0.05) is 25.1 Å². The minimum absolute atomic E-state index is 0.110. The number of rotatable bonds is 1. The van der Waals surface area contributed by atoms with Gasteiger partial charge in [-0.15, -0.1) is 0 Å². The number of carbonyl (C=O) groups excluding carboxylic acids is 1. The number of benzene rings is 1. The molecule has 3 rings (SSSR count). The van der Waals surface area contributed by atoms with Crippen LogP contribution in [-0.4, -0.2) is 29.4 Å². The SMILES string of the molecule is CC1(C)Cc2ccccc2C(=CC(=O)N2CCCCCC2)[NH2+]1. The standard InChI is InChI=1S/C19H26N2O/c1-19(2)14-15-9-5-6-10-16(15)17(20-19)13-18(22)21-11-7-3-4-8-12-21/h5-6,9-10,13,20H,3-4,7-8,11-12,14H2,1-2H3/p+1. The van der Waals surface area contributed by atoms with Crippen LogP contribution in [0, 0.1) is 0 Å². The first-order valence-corrected chi connectivity index (χ1v) is 8.50. The molecule has 1 aromatic rings. The Bertz CT molecular complexity index is 581. The van der Waals surface area contributed by atoms with Gasteiger partial charge in [-0.2, -0.15) is 0 Å². The summed E-state index contributed by atoms with van der Waals surface area (Å²) >= 11 is 0. The number of carbonyl (C=O) groups is 1. The zero-order valence-corrected chi connectivity index (χ0v) is 13.8. The first-order chi connectivity index (χ1) is 10.6. The first-order valence-electron chi connectivity index (χ1n) is 8.50. The van der Waals surface area contributed by atoms with Crippen molar-refractivity contribution in [1.82, 2.24) is 4.90 Å². The summed E-state index contributed by atoms with van der Waals surface area (Å²) in [5.74, 6) is 0.181. The number of hydrogen-bond acceptors (Lipinski definition) is 1. The monoisotopic (exact) mass is 299 g/mol. The zero-order chi connectivity index (χ0) is 15.6. The van der Waals surface area contributed by atoms with Gasteiger partial charge in [-0.1, -0.05) is 31.0 Å². The summed E-state index contributed by atoms with van der Waals surface area (Å²) in [7, 11) is 0. The van der Waals surface area contributed by atoms with E-state index in [2.05, 4.69) is 43.4 Å². The number of hydrogen-bond donors (Lipinski definition) is 1. The summed E-state index contributed by atoms with van der Waals surface area (Å²) in [6, 6.07) is 8.49. The lowest BCUT2D eigenvalue weighted by Crippen LogP contribution is -2.94. The second-order valence-electron chi connectivity index (χ2n) is 7.31. The molecular weight excluding hydrogens is 272 g/mol. The molecule has 3 nitrogen and oxygen atoms in total. The highest BCUT2D eigenvalue weighted by Crippen LogP contribution is 2.24. The van der Waals surface area contributed by atoms with E-state index in [1.165, 1.54) is 24.0 Å². The van der Waals surface area contributed by atoms with Crippen LogP contribution in [0.5, 0.6) is 0 Å². The molecule has 0 atom stereocenters. The molecule has 2 heterocycles. The van der Waals surface area contributed by atoms with E-state index in [0.717, 1.165) is 38.0 Å². The van der Waals surface area contributed by atoms with Gasteiger partial charge in [0.25, 0.3) is 5.91 Å². The van der Waals surface area contributed by atoms with E-state index in [0.29, 0.717) is 0 Å². The summed E-state index contributed by atoms with van der Waals surface area (Å²) in [6.45, 7) is 6.31. The van der Waals surface area contributed by atoms with Crippen LogP contribution in [0.3, 0.4) is 0 Å². The number of fused-ring (bicyclic) bond motifs is 1. The van der Waals surface area contributed by atoms with E-state index in [4.69, 9.17) is 0 Å². The van der Waals surface area contributed by atoms with Crippen molar-refractivity contribution in [2.24, 2.45) is 0 Å². The van der Waals surface area contributed by atoms with Gasteiger partial charge in [0.05, 0.1) is 11.6 Å². The van der Waals surface area contributed by atoms with E-state index in [-0.39, 0.29) is 11.4 Å². The van der Waals surface area contributed by atoms with Gasteiger partial charge in [-0.05, 0) is 38.3 Å². The molecule has 1 fully saturated rings. The summed E-state index contributed by atoms with van der Waals surface area (Å²) in [5, 5.41) is 2.27. The maximum Gasteiger partial charge on any atom is 0.252 e. The fourth-order valence-electron chi connectivity index (χ4n) is 3.63. The van der Waals surface area contributed by atoms with Gasteiger partial charge < -0.3 is 10.2 Å². The first kappa shape index (κ1) is 15.3. The Labute approximate surface area is 133 Å².